The predicted octanol–water partition coefficient (Wildman–Crippen LogP) is 3.18. The van der Waals surface area contributed by atoms with Gasteiger partial charge in [0, 0.05) is 32.4 Å². The summed E-state index contributed by atoms with van der Waals surface area (Å²) in [6, 6.07) is 10.6. The van der Waals surface area contributed by atoms with Crippen molar-refractivity contribution in [3.63, 3.8) is 0 Å². The first-order valence-electron chi connectivity index (χ1n) is 8.83. The SMILES string of the molecule is CCC[C@@H](Nc1ccc(N2CCN(C)CC2)nc1)c1ccccn1. The number of likely N-dealkylation sites (N-methyl/N-ethyl adjacent to an activating group) is 1. The number of anilines is 2. The minimum Gasteiger partial charge on any atom is -0.375 e. The molecule has 0 amide bonds. The smallest absolute Gasteiger partial charge is 0.128 e. The lowest BCUT2D eigenvalue weighted by molar-refractivity contribution is 0.312. The lowest BCUT2D eigenvalue weighted by Crippen LogP contribution is -2.44. The quantitative estimate of drug-likeness (QED) is 0.884. The standard InChI is InChI=1S/C19H27N5/c1-3-6-18(17-7-4-5-10-20-17)22-16-8-9-19(21-15-16)24-13-11-23(2)12-14-24/h4-5,7-10,15,18,22H,3,6,11-14H2,1-2H3/t18-/m1/s1. The van der Waals surface area contributed by atoms with Crippen molar-refractivity contribution >= 4 is 11.5 Å². The molecule has 5 nitrogen and oxygen atoms in total. The summed E-state index contributed by atoms with van der Waals surface area (Å²) in [5, 5.41) is 3.58. The summed E-state index contributed by atoms with van der Waals surface area (Å²) < 4.78 is 0. The zero-order chi connectivity index (χ0) is 16.8. The highest BCUT2D eigenvalue weighted by molar-refractivity contribution is 5.50. The molecule has 24 heavy (non-hydrogen) atoms. The first-order chi connectivity index (χ1) is 11.8. The lowest BCUT2D eigenvalue weighted by Gasteiger charge is -2.33. The number of rotatable bonds is 6. The predicted molar refractivity (Wildman–Crippen MR) is 99.5 cm³/mol. The maximum Gasteiger partial charge on any atom is 0.128 e. The van der Waals surface area contributed by atoms with E-state index in [4.69, 9.17) is 0 Å². The molecule has 1 aliphatic heterocycles. The minimum absolute atomic E-state index is 0.229. The van der Waals surface area contributed by atoms with Crippen LogP contribution < -0.4 is 10.2 Å². The van der Waals surface area contributed by atoms with Gasteiger partial charge in [0.05, 0.1) is 23.6 Å². The second-order valence-corrected chi connectivity index (χ2v) is 6.44. The summed E-state index contributed by atoms with van der Waals surface area (Å²) in [5.41, 5.74) is 2.14. The second kappa shape index (κ2) is 8.11. The lowest BCUT2D eigenvalue weighted by atomic mass is 10.1. The molecule has 0 radical (unpaired) electrons. The van der Waals surface area contributed by atoms with E-state index in [0.29, 0.717) is 0 Å². The van der Waals surface area contributed by atoms with Crippen molar-refractivity contribution in [3.05, 3.63) is 48.4 Å². The number of piperazine rings is 1. The van der Waals surface area contributed by atoms with Crippen molar-refractivity contribution in [2.45, 2.75) is 25.8 Å². The fourth-order valence-corrected chi connectivity index (χ4v) is 3.06. The van der Waals surface area contributed by atoms with Gasteiger partial charge in [-0.05, 0) is 37.7 Å². The Bertz CT molecular complexity index is 605. The van der Waals surface area contributed by atoms with Crippen molar-refractivity contribution in [2.24, 2.45) is 0 Å². The Labute approximate surface area is 144 Å². The Hall–Kier alpha value is -2.14. The third-order valence-electron chi connectivity index (χ3n) is 4.54. The number of nitrogens with zero attached hydrogens (tertiary/aromatic N) is 4. The Morgan fingerprint density at radius 3 is 2.54 bits per heavy atom. The Kier molecular flexibility index (Phi) is 5.64. The zero-order valence-corrected chi connectivity index (χ0v) is 14.7. The summed E-state index contributed by atoms with van der Waals surface area (Å²) in [4.78, 5) is 13.9. The summed E-state index contributed by atoms with van der Waals surface area (Å²) in [5.74, 6) is 1.07. The van der Waals surface area contributed by atoms with Gasteiger partial charge in [-0.3, -0.25) is 4.98 Å². The van der Waals surface area contributed by atoms with Crippen molar-refractivity contribution < 1.29 is 0 Å². The van der Waals surface area contributed by atoms with E-state index < -0.39 is 0 Å². The van der Waals surface area contributed by atoms with Crippen molar-refractivity contribution in [3.8, 4) is 0 Å². The molecule has 128 valence electrons. The molecule has 1 fully saturated rings. The third kappa shape index (κ3) is 4.23. The molecule has 0 aromatic carbocycles. The first-order valence-corrected chi connectivity index (χ1v) is 8.83. The monoisotopic (exact) mass is 325 g/mol. The van der Waals surface area contributed by atoms with Gasteiger partial charge in [-0.25, -0.2) is 4.98 Å². The molecule has 0 aliphatic carbocycles. The summed E-state index contributed by atoms with van der Waals surface area (Å²) in [7, 11) is 2.17. The third-order valence-corrected chi connectivity index (χ3v) is 4.54. The van der Waals surface area contributed by atoms with Gasteiger partial charge < -0.3 is 15.1 Å². The van der Waals surface area contributed by atoms with Crippen LogP contribution in [-0.2, 0) is 0 Å². The van der Waals surface area contributed by atoms with E-state index in [1.165, 1.54) is 0 Å². The Morgan fingerprint density at radius 2 is 1.92 bits per heavy atom. The molecule has 2 aromatic rings. The van der Waals surface area contributed by atoms with Crippen molar-refractivity contribution in [1.29, 1.82) is 0 Å². The maximum absolute atomic E-state index is 4.66. The van der Waals surface area contributed by atoms with Crippen LogP contribution in [0.3, 0.4) is 0 Å². The molecule has 1 saturated heterocycles. The van der Waals surface area contributed by atoms with E-state index in [0.717, 1.165) is 56.2 Å². The van der Waals surface area contributed by atoms with Crippen LogP contribution in [0.25, 0.3) is 0 Å². The molecule has 5 heteroatoms. The van der Waals surface area contributed by atoms with Crippen LogP contribution in [-0.4, -0.2) is 48.1 Å². The zero-order valence-electron chi connectivity index (χ0n) is 14.7. The fourth-order valence-electron chi connectivity index (χ4n) is 3.06. The Morgan fingerprint density at radius 1 is 1.08 bits per heavy atom. The molecule has 0 saturated carbocycles. The minimum atomic E-state index is 0.229. The van der Waals surface area contributed by atoms with E-state index >= 15 is 0 Å². The van der Waals surface area contributed by atoms with Gasteiger partial charge in [0.2, 0.25) is 0 Å². The molecule has 0 bridgehead atoms. The molecule has 1 aliphatic rings. The van der Waals surface area contributed by atoms with Crippen LogP contribution in [0.5, 0.6) is 0 Å². The van der Waals surface area contributed by atoms with Gasteiger partial charge in [-0.15, -0.1) is 0 Å². The van der Waals surface area contributed by atoms with Crippen LogP contribution in [0.2, 0.25) is 0 Å². The van der Waals surface area contributed by atoms with Crippen LogP contribution in [0.4, 0.5) is 11.5 Å². The van der Waals surface area contributed by atoms with Crippen LogP contribution in [0, 0.1) is 0 Å². The van der Waals surface area contributed by atoms with Crippen molar-refractivity contribution in [2.75, 3.05) is 43.4 Å². The average molecular weight is 325 g/mol. The summed E-state index contributed by atoms with van der Waals surface area (Å²) in [6.45, 7) is 6.48. The number of hydrogen-bond donors (Lipinski definition) is 1. The molecule has 0 unspecified atom stereocenters. The van der Waals surface area contributed by atoms with Crippen molar-refractivity contribution in [1.82, 2.24) is 14.9 Å². The van der Waals surface area contributed by atoms with Gasteiger partial charge >= 0.3 is 0 Å². The van der Waals surface area contributed by atoms with Gasteiger partial charge in [0.1, 0.15) is 5.82 Å². The fraction of sp³-hybridized carbons (Fsp3) is 0.474. The van der Waals surface area contributed by atoms with Gasteiger partial charge in [0.15, 0.2) is 0 Å². The van der Waals surface area contributed by atoms with Crippen LogP contribution in [0.15, 0.2) is 42.7 Å². The highest BCUT2D eigenvalue weighted by Gasteiger charge is 2.16. The maximum atomic E-state index is 4.66. The highest BCUT2D eigenvalue weighted by Crippen LogP contribution is 2.23. The Balaban J connectivity index is 1.66. The number of nitrogens with one attached hydrogen (secondary N) is 1. The topological polar surface area (TPSA) is 44.3 Å². The van der Waals surface area contributed by atoms with Gasteiger partial charge in [-0.1, -0.05) is 19.4 Å². The molecule has 3 rings (SSSR count). The molecule has 1 atom stereocenters. The van der Waals surface area contributed by atoms with E-state index in [9.17, 15) is 0 Å². The normalized spacial score (nSPS) is 16.8. The first kappa shape index (κ1) is 16.7. The van der Waals surface area contributed by atoms with Crippen LogP contribution >= 0.6 is 0 Å². The second-order valence-electron chi connectivity index (χ2n) is 6.44. The van der Waals surface area contributed by atoms with Crippen LogP contribution in [0.1, 0.15) is 31.5 Å². The van der Waals surface area contributed by atoms with E-state index in [-0.39, 0.29) is 6.04 Å². The number of hydrogen-bond acceptors (Lipinski definition) is 5. The molecular weight excluding hydrogens is 298 g/mol. The molecule has 1 N–H and O–H groups in total. The number of aromatic nitrogens is 2. The summed E-state index contributed by atoms with van der Waals surface area (Å²) >= 11 is 0. The molecule has 3 heterocycles. The van der Waals surface area contributed by atoms with E-state index in [1.54, 1.807) is 0 Å². The molecular formula is C19H27N5. The highest BCUT2D eigenvalue weighted by atomic mass is 15.3. The largest absolute Gasteiger partial charge is 0.375 e. The van der Waals surface area contributed by atoms with E-state index in [1.807, 2.05) is 24.5 Å². The van der Waals surface area contributed by atoms with Gasteiger partial charge in [-0.2, -0.15) is 0 Å². The average Bonchev–Trinajstić information content (AvgIpc) is 2.63. The molecule has 2 aromatic heterocycles. The number of pyridine rings is 2. The molecule has 0 spiro atoms. The summed E-state index contributed by atoms with van der Waals surface area (Å²) in [6.07, 6.45) is 5.96. The van der Waals surface area contributed by atoms with Gasteiger partial charge in [0.25, 0.3) is 0 Å². The van der Waals surface area contributed by atoms with E-state index in [2.05, 4.69) is 57.3 Å².